The van der Waals surface area contributed by atoms with Crippen molar-refractivity contribution in [3.05, 3.63) is 52.4 Å². The maximum atomic E-state index is 12.8. The second-order valence-electron chi connectivity index (χ2n) is 8.39. The van der Waals surface area contributed by atoms with Crippen LogP contribution >= 0.6 is 22.9 Å². The summed E-state index contributed by atoms with van der Waals surface area (Å²) in [6.07, 6.45) is -1.07. The van der Waals surface area contributed by atoms with Crippen LogP contribution in [0.4, 0.5) is 16.2 Å². The van der Waals surface area contributed by atoms with E-state index in [0.29, 0.717) is 40.2 Å². The van der Waals surface area contributed by atoms with Crippen LogP contribution in [-0.4, -0.2) is 63.0 Å². The summed E-state index contributed by atoms with van der Waals surface area (Å²) in [4.78, 5) is 41.4. The highest BCUT2D eigenvalue weighted by atomic mass is 35.5. The molecular weight excluding hydrogens is 494 g/mol. The van der Waals surface area contributed by atoms with Gasteiger partial charge in [-0.05, 0) is 30.3 Å². The number of nitrogens with zero attached hydrogens (tertiary/aromatic N) is 2. The molecule has 2 aromatic carbocycles. The van der Waals surface area contributed by atoms with Gasteiger partial charge in [-0.2, -0.15) is 0 Å². The van der Waals surface area contributed by atoms with E-state index in [-0.39, 0.29) is 37.6 Å². The maximum absolute atomic E-state index is 12.8. The first-order valence-corrected chi connectivity index (χ1v) is 12.3. The number of cyclic esters (lactones) is 1. The highest BCUT2D eigenvalue weighted by Gasteiger charge is 2.46. The summed E-state index contributed by atoms with van der Waals surface area (Å²) in [5.41, 5.74) is 1.26. The van der Waals surface area contributed by atoms with Crippen molar-refractivity contribution in [2.75, 3.05) is 42.7 Å². The van der Waals surface area contributed by atoms with Crippen molar-refractivity contribution in [2.45, 2.75) is 12.1 Å². The number of carbonyl (C=O) groups excluding carboxylic acids is 3. The lowest BCUT2D eigenvalue weighted by molar-refractivity contribution is -0.125. The number of nitrogens with one attached hydrogen (secondary N) is 1. The van der Waals surface area contributed by atoms with Crippen LogP contribution in [0.25, 0.3) is 10.1 Å². The third-order valence-electron chi connectivity index (χ3n) is 6.32. The minimum absolute atomic E-state index is 0.0421. The molecule has 1 N–H and O–H groups in total. The molecule has 2 fully saturated rings. The molecule has 2 atom stereocenters. The molecule has 1 aromatic heterocycles. The van der Waals surface area contributed by atoms with Crippen LogP contribution in [0.5, 0.6) is 5.75 Å². The zero-order valence-electron chi connectivity index (χ0n) is 18.4. The van der Waals surface area contributed by atoms with Crippen LogP contribution in [0.15, 0.2) is 42.5 Å². The molecule has 4 heterocycles. The molecule has 35 heavy (non-hydrogen) atoms. The number of thiophene rings is 1. The molecule has 0 radical (unpaired) electrons. The molecule has 2 saturated heterocycles. The molecule has 0 bridgehead atoms. The maximum Gasteiger partial charge on any atom is 0.415 e. The molecule has 6 rings (SSSR count). The smallest absolute Gasteiger partial charge is 0.415 e. The Morgan fingerprint density at radius 2 is 2.09 bits per heavy atom. The van der Waals surface area contributed by atoms with Gasteiger partial charge in [-0.3, -0.25) is 14.5 Å². The molecule has 3 aliphatic heterocycles. The van der Waals surface area contributed by atoms with Gasteiger partial charge in [0.1, 0.15) is 31.1 Å². The van der Waals surface area contributed by atoms with Crippen LogP contribution in [0.3, 0.4) is 0 Å². The van der Waals surface area contributed by atoms with E-state index in [2.05, 4.69) is 5.32 Å². The summed E-state index contributed by atoms with van der Waals surface area (Å²) >= 11 is 7.58. The average molecular weight is 514 g/mol. The van der Waals surface area contributed by atoms with Crippen LogP contribution in [0, 0.1) is 0 Å². The van der Waals surface area contributed by atoms with Crippen LogP contribution in [0.2, 0.25) is 5.02 Å². The number of hydrogen-bond donors (Lipinski definition) is 1. The monoisotopic (exact) mass is 513 g/mol. The summed E-state index contributed by atoms with van der Waals surface area (Å²) in [5, 5.41) is 4.30. The third kappa shape index (κ3) is 3.87. The predicted octanol–water partition coefficient (Wildman–Crippen LogP) is 3.43. The van der Waals surface area contributed by atoms with Crippen molar-refractivity contribution < 1.29 is 28.6 Å². The zero-order valence-corrected chi connectivity index (χ0v) is 19.9. The van der Waals surface area contributed by atoms with E-state index < -0.39 is 12.2 Å². The number of halogens is 1. The number of rotatable bonds is 4. The molecule has 2 unspecified atom stereocenters. The standard InChI is InChI=1S/C24H20ClN3O6S/c25-15-2-1-3-20-14(15)9-21(35-20)23(30)26-10-19-17-11-33-18-8-13(27-6-7-32-12-22(27)29)4-5-16(18)28(17)24(31)34-19/h1-5,8-9,17,19H,6-7,10-12H2,(H,26,30). The average Bonchev–Trinajstić information content (AvgIpc) is 3.45. The molecule has 0 spiro atoms. The van der Waals surface area contributed by atoms with Gasteiger partial charge in [-0.25, -0.2) is 4.79 Å². The Labute approximate surface area is 209 Å². The van der Waals surface area contributed by atoms with E-state index in [0.717, 1.165) is 10.1 Å². The van der Waals surface area contributed by atoms with Gasteiger partial charge in [0.15, 0.2) is 0 Å². The van der Waals surface area contributed by atoms with Gasteiger partial charge in [-0.15, -0.1) is 11.3 Å². The van der Waals surface area contributed by atoms with Crippen molar-refractivity contribution in [1.82, 2.24) is 5.32 Å². The molecule has 180 valence electrons. The highest BCUT2D eigenvalue weighted by molar-refractivity contribution is 7.20. The van der Waals surface area contributed by atoms with Crippen LogP contribution in [-0.2, 0) is 14.3 Å². The zero-order chi connectivity index (χ0) is 24.1. The lowest BCUT2D eigenvalue weighted by Crippen LogP contribution is -2.48. The first kappa shape index (κ1) is 22.1. The lowest BCUT2D eigenvalue weighted by atomic mass is 10.1. The van der Waals surface area contributed by atoms with Crippen molar-refractivity contribution >= 4 is 62.3 Å². The summed E-state index contributed by atoms with van der Waals surface area (Å²) in [7, 11) is 0. The number of fused-ring (bicyclic) bond motifs is 4. The van der Waals surface area contributed by atoms with Crippen LogP contribution in [0.1, 0.15) is 9.67 Å². The number of morpholine rings is 1. The van der Waals surface area contributed by atoms with E-state index in [4.69, 9.17) is 25.8 Å². The fourth-order valence-corrected chi connectivity index (χ4v) is 5.86. The number of benzene rings is 2. The summed E-state index contributed by atoms with van der Waals surface area (Å²) < 4.78 is 17.7. The topological polar surface area (TPSA) is 97.4 Å². The summed E-state index contributed by atoms with van der Waals surface area (Å²) in [6.45, 7) is 1.32. The first-order chi connectivity index (χ1) is 17.0. The fraction of sp³-hybridized carbons (Fsp3) is 0.292. The van der Waals surface area contributed by atoms with Gasteiger partial charge in [0.05, 0.1) is 23.7 Å². The molecular formula is C24H20ClN3O6S. The van der Waals surface area contributed by atoms with Gasteiger partial charge in [0.25, 0.3) is 11.8 Å². The SMILES string of the molecule is O=C(NCC1OC(=O)N2c3ccc(N4CCOCC4=O)cc3OCC12)c1cc2c(Cl)cccc2s1. The lowest BCUT2D eigenvalue weighted by Gasteiger charge is -2.33. The molecule has 3 aliphatic rings. The number of ether oxygens (including phenoxy) is 3. The first-order valence-electron chi connectivity index (χ1n) is 11.1. The molecule has 0 saturated carbocycles. The van der Waals surface area contributed by atoms with E-state index in [1.54, 1.807) is 40.1 Å². The number of amides is 3. The summed E-state index contributed by atoms with van der Waals surface area (Å²) in [5.74, 6) is 0.123. The van der Waals surface area contributed by atoms with E-state index in [1.165, 1.54) is 11.3 Å². The Bertz CT molecular complexity index is 1360. The van der Waals surface area contributed by atoms with E-state index in [9.17, 15) is 14.4 Å². The molecule has 11 heteroatoms. The Kier molecular flexibility index (Phi) is 5.51. The van der Waals surface area contributed by atoms with Crippen molar-refractivity contribution in [3.8, 4) is 5.75 Å². The van der Waals surface area contributed by atoms with Gasteiger partial charge >= 0.3 is 6.09 Å². The molecule has 3 aromatic rings. The van der Waals surface area contributed by atoms with Gasteiger partial charge < -0.3 is 24.4 Å². The highest BCUT2D eigenvalue weighted by Crippen LogP contribution is 2.41. The molecule has 3 amide bonds. The minimum Gasteiger partial charge on any atom is -0.489 e. The Hall–Kier alpha value is -3.34. The largest absolute Gasteiger partial charge is 0.489 e. The predicted molar refractivity (Wildman–Crippen MR) is 131 cm³/mol. The van der Waals surface area contributed by atoms with Gasteiger partial charge in [0, 0.05) is 33.4 Å². The Morgan fingerprint density at radius 1 is 1.20 bits per heavy atom. The Morgan fingerprint density at radius 3 is 2.91 bits per heavy atom. The Balaban J connectivity index is 1.16. The number of anilines is 2. The third-order valence-corrected chi connectivity index (χ3v) is 7.74. The quantitative estimate of drug-likeness (QED) is 0.574. The van der Waals surface area contributed by atoms with E-state index >= 15 is 0 Å². The van der Waals surface area contributed by atoms with Gasteiger partial charge in [0.2, 0.25) is 0 Å². The van der Waals surface area contributed by atoms with Crippen molar-refractivity contribution in [1.29, 1.82) is 0 Å². The van der Waals surface area contributed by atoms with E-state index in [1.807, 2.05) is 12.1 Å². The van der Waals surface area contributed by atoms with Crippen molar-refractivity contribution in [3.63, 3.8) is 0 Å². The number of hydrogen-bond acceptors (Lipinski definition) is 7. The molecule has 9 nitrogen and oxygen atoms in total. The minimum atomic E-state index is -0.571. The van der Waals surface area contributed by atoms with Crippen LogP contribution < -0.4 is 19.9 Å². The van der Waals surface area contributed by atoms with Gasteiger partial charge in [-0.1, -0.05) is 17.7 Å². The van der Waals surface area contributed by atoms with Crippen molar-refractivity contribution in [2.24, 2.45) is 0 Å². The normalized spacial score (nSPS) is 21.4. The molecule has 0 aliphatic carbocycles. The second-order valence-corrected chi connectivity index (χ2v) is 9.88. The fourth-order valence-electron chi connectivity index (χ4n) is 4.57. The number of carbonyl (C=O) groups is 3. The summed E-state index contributed by atoms with van der Waals surface area (Å²) in [6, 6.07) is 12.2. The second kappa shape index (κ2) is 8.71.